The van der Waals surface area contributed by atoms with E-state index in [1.54, 1.807) is 6.07 Å². The Morgan fingerprint density at radius 3 is 2.70 bits per heavy atom. The van der Waals surface area contributed by atoms with Crippen LogP contribution in [0.5, 0.6) is 0 Å². The number of nitrogens with one attached hydrogen (secondary N) is 1. The number of nitrogens with zero attached hydrogens (tertiary/aromatic N) is 3. The highest BCUT2D eigenvalue weighted by atomic mass is 19.3. The van der Waals surface area contributed by atoms with Crippen LogP contribution in [0.4, 0.5) is 17.6 Å². The Morgan fingerprint density at radius 2 is 2.05 bits per heavy atom. The normalized spacial score (nSPS) is 11.6. The second-order valence-corrected chi connectivity index (χ2v) is 4.07. The molecule has 1 aromatic carbocycles. The summed E-state index contributed by atoms with van der Waals surface area (Å²) in [6.07, 6.45) is -4.81. The van der Waals surface area contributed by atoms with Gasteiger partial charge in [-0.05, 0) is 11.6 Å². The summed E-state index contributed by atoms with van der Waals surface area (Å²) in [6.45, 7) is 0. The lowest BCUT2D eigenvalue weighted by Crippen LogP contribution is -2.29. The zero-order chi connectivity index (χ0) is 14.8. The highest BCUT2D eigenvalue weighted by Gasteiger charge is 2.40. The van der Waals surface area contributed by atoms with Crippen molar-refractivity contribution >= 4 is 0 Å². The number of H-pyrrole nitrogens is 1. The van der Waals surface area contributed by atoms with E-state index in [4.69, 9.17) is 5.26 Å². The van der Waals surface area contributed by atoms with Gasteiger partial charge in [-0.1, -0.05) is 18.2 Å². The van der Waals surface area contributed by atoms with Crippen molar-refractivity contribution < 1.29 is 17.6 Å². The van der Waals surface area contributed by atoms with Gasteiger partial charge in [-0.15, -0.1) is 5.10 Å². The van der Waals surface area contributed by atoms with Crippen LogP contribution in [0.2, 0.25) is 0 Å². The van der Waals surface area contributed by atoms with Gasteiger partial charge in [-0.25, -0.2) is 8.78 Å². The van der Waals surface area contributed by atoms with Gasteiger partial charge in [0.2, 0.25) is 0 Å². The van der Waals surface area contributed by atoms with E-state index in [2.05, 4.69) is 15.4 Å². The zero-order valence-electron chi connectivity index (χ0n) is 9.95. The molecule has 8 heteroatoms. The van der Waals surface area contributed by atoms with Crippen LogP contribution in [-0.2, 0) is 6.42 Å². The largest absolute Gasteiger partial charge is 0.311 e. The van der Waals surface area contributed by atoms with E-state index in [0.29, 0.717) is 5.56 Å². The van der Waals surface area contributed by atoms with Crippen molar-refractivity contribution in [2.45, 2.75) is 18.8 Å². The molecular formula is C12H8F4N4. The molecule has 1 heterocycles. The number of benzene rings is 1. The Labute approximate surface area is 111 Å². The van der Waals surface area contributed by atoms with Gasteiger partial charge >= 0.3 is 12.3 Å². The van der Waals surface area contributed by atoms with Crippen molar-refractivity contribution in [2.24, 2.45) is 0 Å². The standard InChI is InChI=1S/C12H8F4N4/c13-11(14)12(15,16)5-7-2-1-3-8(4-7)10-9(6-17)18-20-19-10/h1-4,11H,5H2,(H,18,19,20). The van der Waals surface area contributed by atoms with Gasteiger partial charge in [0.25, 0.3) is 0 Å². The maximum Gasteiger partial charge on any atom is 0.311 e. The topological polar surface area (TPSA) is 65.4 Å². The van der Waals surface area contributed by atoms with Crippen LogP contribution in [0.3, 0.4) is 0 Å². The summed E-state index contributed by atoms with van der Waals surface area (Å²) < 4.78 is 50.4. The number of nitriles is 1. The van der Waals surface area contributed by atoms with E-state index in [-0.39, 0.29) is 17.0 Å². The van der Waals surface area contributed by atoms with Crippen LogP contribution >= 0.6 is 0 Å². The quantitative estimate of drug-likeness (QED) is 0.878. The molecule has 0 amide bonds. The Bertz CT molecular complexity index is 645. The molecule has 0 atom stereocenters. The molecule has 1 aromatic heterocycles. The van der Waals surface area contributed by atoms with Crippen LogP contribution in [0.15, 0.2) is 24.3 Å². The van der Waals surface area contributed by atoms with Crippen molar-refractivity contribution in [3.63, 3.8) is 0 Å². The Kier molecular flexibility index (Phi) is 3.70. The van der Waals surface area contributed by atoms with Crippen molar-refractivity contribution in [3.05, 3.63) is 35.5 Å². The number of halogens is 4. The second-order valence-electron chi connectivity index (χ2n) is 4.07. The predicted octanol–water partition coefficient (Wildman–Crippen LogP) is 2.79. The highest BCUT2D eigenvalue weighted by molar-refractivity contribution is 5.64. The molecule has 0 spiro atoms. The molecule has 0 aliphatic heterocycles. The van der Waals surface area contributed by atoms with E-state index < -0.39 is 18.8 Å². The molecular weight excluding hydrogens is 276 g/mol. The zero-order valence-corrected chi connectivity index (χ0v) is 9.95. The first kappa shape index (κ1) is 14.0. The summed E-state index contributed by atoms with van der Waals surface area (Å²) in [5.41, 5.74) is 0.579. The molecule has 0 fully saturated rings. The molecule has 0 bridgehead atoms. The molecule has 4 nitrogen and oxygen atoms in total. The predicted molar refractivity (Wildman–Crippen MR) is 61.2 cm³/mol. The van der Waals surface area contributed by atoms with Crippen LogP contribution in [0, 0.1) is 11.3 Å². The van der Waals surface area contributed by atoms with Crippen molar-refractivity contribution in [1.82, 2.24) is 15.4 Å². The molecule has 0 saturated carbocycles. The fraction of sp³-hybridized carbons (Fsp3) is 0.250. The summed E-state index contributed by atoms with van der Waals surface area (Å²) in [5.74, 6) is -4.10. The van der Waals surface area contributed by atoms with Gasteiger partial charge in [0, 0.05) is 12.0 Å². The molecule has 0 radical (unpaired) electrons. The fourth-order valence-electron chi connectivity index (χ4n) is 1.69. The summed E-state index contributed by atoms with van der Waals surface area (Å²) in [5, 5.41) is 18.4. The number of aromatic nitrogens is 3. The maximum absolute atomic E-state index is 13.0. The van der Waals surface area contributed by atoms with Crippen molar-refractivity contribution in [2.75, 3.05) is 0 Å². The molecule has 2 rings (SSSR count). The first-order valence-electron chi connectivity index (χ1n) is 5.50. The Morgan fingerprint density at radius 1 is 1.30 bits per heavy atom. The van der Waals surface area contributed by atoms with Crippen LogP contribution in [-0.4, -0.2) is 27.8 Å². The summed E-state index contributed by atoms with van der Waals surface area (Å²) in [6, 6.07) is 7.35. The van der Waals surface area contributed by atoms with E-state index in [1.165, 1.54) is 24.3 Å². The third kappa shape index (κ3) is 2.77. The van der Waals surface area contributed by atoms with E-state index in [0.717, 1.165) is 0 Å². The number of aromatic amines is 1. The van der Waals surface area contributed by atoms with Crippen LogP contribution in [0.1, 0.15) is 11.3 Å². The van der Waals surface area contributed by atoms with Gasteiger partial charge in [0.05, 0.1) is 0 Å². The van der Waals surface area contributed by atoms with Crippen molar-refractivity contribution in [1.29, 1.82) is 5.26 Å². The summed E-state index contributed by atoms with van der Waals surface area (Å²) >= 11 is 0. The maximum atomic E-state index is 13.0. The molecule has 0 unspecified atom stereocenters. The van der Waals surface area contributed by atoms with Crippen LogP contribution in [0.25, 0.3) is 11.3 Å². The molecule has 1 N–H and O–H groups in total. The Hall–Kier alpha value is -2.43. The first-order chi connectivity index (χ1) is 9.44. The Balaban J connectivity index is 2.32. The van der Waals surface area contributed by atoms with Gasteiger partial charge in [0.15, 0.2) is 5.69 Å². The number of hydrogen-bond acceptors (Lipinski definition) is 3. The van der Waals surface area contributed by atoms with E-state index >= 15 is 0 Å². The SMILES string of the molecule is N#Cc1n[nH]nc1-c1cccc(CC(F)(F)C(F)F)c1. The number of rotatable bonds is 4. The lowest BCUT2D eigenvalue weighted by Gasteiger charge is -2.15. The monoisotopic (exact) mass is 284 g/mol. The minimum Gasteiger partial charge on any atom is -0.204 e. The van der Waals surface area contributed by atoms with Crippen LogP contribution < -0.4 is 0 Å². The molecule has 104 valence electrons. The summed E-state index contributed by atoms with van der Waals surface area (Å²) in [7, 11) is 0. The molecule has 0 saturated heterocycles. The second kappa shape index (κ2) is 5.28. The van der Waals surface area contributed by atoms with Gasteiger partial charge in [-0.2, -0.15) is 24.4 Å². The van der Waals surface area contributed by atoms with E-state index in [1.807, 2.05) is 0 Å². The minimum absolute atomic E-state index is 0.00256. The van der Waals surface area contributed by atoms with Gasteiger partial charge in [0.1, 0.15) is 11.8 Å². The average Bonchev–Trinajstić information content (AvgIpc) is 2.86. The molecule has 0 aliphatic rings. The minimum atomic E-state index is -4.10. The van der Waals surface area contributed by atoms with E-state index in [9.17, 15) is 17.6 Å². The third-order valence-corrected chi connectivity index (χ3v) is 2.61. The average molecular weight is 284 g/mol. The molecule has 2 aromatic rings. The molecule has 0 aliphatic carbocycles. The van der Waals surface area contributed by atoms with Crippen molar-refractivity contribution in [3.8, 4) is 17.3 Å². The lowest BCUT2D eigenvalue weighted by molar-refractivity contribution is -0.127. The molecule has 20 heavy (non-hydrogen) atoms. The lowest BCUT2D eigenvalue weighted by atomic mass is 10.0. The third-order valence-electron chi connectivity index (χ3n) is 2.61. The fourth-order valence-corrected chi connectivity index (χ4v) is 1.69. The smallest absolute Gasteiger partial charge is 0.204 e. The first-order valence-corrected chi connectivity index (χ1v) is 5.50. The van der Waals surface area contributed by atoms with Gasteiger partial charge < -0.3 is 0 Å². The number of hydrogen-bond donors (Lipinski definition) is 1. The highest BCUT2D eigenvalue weighted by Crippen LogP contribution is 2.29. The summed E-state index contributed by atoms with van der Waals surface area (Å²) in [4.78, 5) is 0. The van der Waals surface area contributed by atoms with Gasteiger partial charge in [-0.3, -0.25) is 0 Å². The number of alkyl halides is 4.